The smallest absolute Gasteiger partial charge is 0.237 e. The van der Waals surface area contributed by atoms with Crippen LogP contribution in [0.25, 0.3) is 0 Å². The third-order valence-electron chi connectivity index (χ3n) is 4.03. The van der Waals surface area contributed by atoms with Crippen LogP contribution in [0.1, 0.15) is 40.0 Å². The fraction of sp³-hybridized carbons (Fsp3) is 0.786. The lowest BCUT2D eigenvalue weighted by Gasteiger charge is -2.46. The van der Waals surface area contributed by atoms with Crippen LogP contribution in [0.15, 0.2) is 12.7 Å². The average Bonchev–Trinajstić information content (AvgIpc) is 2.38. The van der Waals surface area contributed by atoms with Crippen molar-refractivity contribution in [2.24, 2.45) is 5.41 Å². The van der Waals surface area contributed by atoms with Crippen LogP contribution in [0.5, 0.6) is 0 Å². The van der Waals surface area contributed by atoms with E-state index in [1.807, 2.05) is 11.0 Å². The number of carbonyl (C=O) groups is 1. The second-order valence-corrected chi connectivity index (χ2v) is 8.04. The van der Waals surface area contributed by atoms with Gasteiger partial charge in [0.25, 0.3) is 0 Å². The van der Waals surface area contributed by atoms with Crippen molar-refractivity contribution in [3.8, 4) is 0 Å². The Balaban J connectivity index is 2.76. The van der Waals surface area contributed by atoms with E-state index in [1.54, 1.807) is 6.92 Å². The van der Waals surface area contributed by atoms with Gasteiger partial charge in [0.2, 0.25) is 15.9 Å². The van der Waals surface area contributed by atoms with Gasteiger partial charge in [-0.1, -0.05) is 19.9 Å². The standard InChI is InChI=1S/C14H26N2O3S/c1-5-8-12-14(3,4)9-7-10-16(12)13(17)11-15-20(18,19)6-2/h5,12,15H,1,6-11H2,2-4H3/t12-/m0/s1. The van der Waals surface area contributed by atoms with Gasteiger partial charge < -0.3 is 4.90 Å². The van der Waals surface area contributed by atoms with E-state index in [4.69, 9.17) is 0 Å². The molecule has 5 nitrogen and oxygen atoms in total. The maximum absolute atomic E-state index is 12.3. The zero-order valence-corrected chi connectivity index (χ0v) is 13.5. The Kier molecular flexibility index (Phi) is 5.77. The van der Waals surface area contributed by atoms with Crippen LogP contribution in [-0.2, 0) is 14.8 Å². The zero-order chi connectivity index (χ0) is 15.4. The number of amides is 1. The second kappa shape index (κ2) is 6.72. The van der Waals surface area contributed by atoms with Gasteiger partial charge >= 0.3 is 0 Å². The van der Waals surface area contributed by atoms with Gasteiger partial charge in [-0.25, -0.2) is 13.1 Å². The van der Waals surface area contributed by atoms with E-state index in [2.05, 4.69) is 25.1 Å². The Morgan fingerprint density at radius 2 is 2.15 bits per heavy atom. The number of sulfonamides is 1. The number of likely N-dealkylation sites (tertiary alicyclic amines) is 1. The summed E-state index contributed by atoms with van der Waals surface area (Å²) in [5.41, 5.74) is 0.0335. The summed E-state index contributed by atoms with van der Waals surface area (Å²) in [6.45, 7) is 10.2. The van der Waals surface area contributed by atoms with Crippen LogP contribution < -0.4 is 4.72 Å². The van der Waals surface area contributed by atoms with Gasteiger partial charge in [0.15, 0.2) is 0 Å². The number of hydrogen-bond acceptors (Lipinski definition) is 3. The molecule has 0 bridgehead atoms. The highest BCUT2D eigenvalue weighted by atomic mass is 32.2. The van der Waals surface area contributed by atoms with Crippen LogP contribution in [0, 0.1) is 5.41 Å². The SMILES string of the molecule is C=CC[C@@H]1N(C(=O)CNS(=O)(=O)CC)CCCC1(C)C. The predicted octanol–water partition coefficient (Wildman–Crippen LogP) is 1.52. The van der Waals surface area contributed by atoms with E-state index in [9.17, 15) is 13.2 Å². The third-order valence-corrected chi connectivity index (χ3v) is 5.38. The Labute approximate surface area is 122 Å². The van der Waals surface area contributed by atoms with E-state index in [1.165, 1.54) is 0 Å². The monoisotopic (exact) mass is 302 g/mol. The summed E-state index contributed by atoms with van der Waals surface area (Å²) in [5, 5.41) is 0. The molecule has 6 heteroatoms. The molecule has 1 fully saturated rings. The minimum absolute atomic E-state index is 0.0120. The molecule has 0 aromatic rings. The van der Waals surface area contributed by atoms with Crippen LogP contribution in [0.4, 0.5) is 0 Å². The summed E-state index contributed by atoms with van der Waals surface area (Å²) in [6.07, 6.45) is 4.58. The van der Waals surface area contributed by atoms with Crippen molar-refractivity contribution in [2.75, 3.05) is 18.8 Å². The molecule has 0 unspecified atom stereocenters. The summed E-state index contributed by atoms with van der Waals surface area (Å²) in [7, 11) is -3.33. The normalized spacial score (nSPS) is 22.6. The van der Waals surface area contributed by atoms with Gasteiger partial charge in [0.05, 0.1) is 12.3 Å². The summed E-state index contributed by atoms with van der Waals surface area (Å²) >= 11 is 0. The minimum atomic E-state index is -3.33. The van der Waals surface area contributed by atoms with E-state index in [-0.39, 0.29) is 29.7 Å². The Bertz CT molecular complexity index is 457. The number of carbonyl (C=O) groups excluding carboxylic acids is 1. The molecule has 0 aliphatic carbocycles. The first kappa shape index (κ1) is 17.2. The van der Waals surface area contributed by atoms with Crippen molar-refractivity contribution in [2.45, 2.75) is 46.1 Å². The maximum Gasteiger partial charge on any atom is 0.237 e. The second-order valence-electron chi connectivity index (χ2n) is 5.94. The number of piperidine rings is 1. The van der Waals surface area contributed by atoms with E-state index >= 15 is 0 Å². The van der Waals surface area contributed by atoms with Crippen LogP contribution in [-0.4, -0.2) is 44.1 Å². The molecule has 0 aromatic carbocycles. The summed E-state index contributed by atoms with van der Waals surface area (Å²) in [5.74, 6) is -0.163. The zero-order valence-electron chi connectivity index (χ0n) is 12.7. The molecule has 0 saturated carbocycles. The first-order valence-corrected chi connectivity index (χ1v) is 8.76. The first-order valence-electron chi connectivity index (χ1n) is 7.11. The Morgan fingerprint density at radius 1 is 1.50 bits per heavy atom. The highest BCUT2D eigenvalue weighted by Crippen LogP contribution is 2.36. The van der Waals surface area contributed by atoms with Crippen molar-refractivity contribution in [3.63, 3.8) is 0 Å². The summed E-state index contributed by atoms with van der Waals surface area (Å²) in [4.78, 5) is 14.1. The number of nitrogens with one attached hydrogen (secondary N) is 1. The van der Waals surface area contributed by atoms with Gasteiger partial charge in [0, 0.05) is 12.6 Å². The van der Waals surface area contributed by atoms with Crippen molar-refractivity contribution in [3.05, 3.63) is 12.7 Å². The third kappa shape index (κ3) is 4.31. The molecule has 20 heavy (non-hydrogen) atoms. The van der Waals surface area contributed by atoms with Gasteiger partial charge in [-0.2, -0.15) is 0 Å². The van der Waals surface area contributed by atoms with Crippen molar-refractivity contribution >= 4 is 15.9 Å². The highest BCUT2D eigenvalue weighted by molar-refractivity contribution is 7.89. The lowest BCUT2D eigenvalue weighted by molar-refractivity contribution is -0.137. The van der Waals surface area contributed by atoms with Crippen LogP contribution >= 0.6 is 0 Å². The maximum atomic E-state index is 12.3. The molecule has 1 saturated heterocycles. The predicted molar refractivity (Wildman–Crippen MR) is 80.8 cm³/mol. The molecule has 116 valence electrons. The van der Waals surface area contributed by atoms with Crippen LogP contribution in [0.3, 0.4) is 0 Å². The molecule has 1 rings (SSSR count). The van der Waals surface area contributed by atoms with Gasteiger partial charge in [-0.05, 0) is 31.6 Å². The molecule has 0 radical (unpaired) electrons. The molecular formula is C14H26N2O3S. The molecule has 1 heterocycles. The van der Waals surface area contributed by atoms with E-state index in [0.717, 1.165) is 19.3 Å². The van der Waals surface area contributed by atoms with Gasteiger partial charge in [-0.3, -0.25) is 4.79 Å². The lowest BCUT2D eigenvalue weighted by Crippen LogP contribution is -2.54. The molecule has 1 N–H and O–H groups in total. The first-order chi connectivity index (χ1) is 9.23. The highest BCUT2D eigenvalue weighted by Gasteiger charge is 2.38. The average molecular weight is 302 g/mol. The molecule has 1 amide bonds. The molecule has 0 spiro atoms. The molecule has 1 aliphatic rings. The van der Waals surface area contributed by atoms with Crippen molar-refractivity contribution in [1.29, 1.82) is 0 Å². The Morgan fingerprint density at radius 3 is 2.70 bits per heavy atom. The molecule has 1 aliphatic heterocycles. The van der Waals surface area contributed by atoms with Gasteiger partial charge in [-0.15, -0.1) is 6.58 Å². The quantitative estimate of drug-likeness (QED) is 0.757. The minimum Gasteiger partial charge on any atom is -0.338 e. The fourth-order valence-electron chi connectivity index (χ4n) is 2.73. The van der Waals surface area contributed by atoms with Crippen molar-refractivity contribution in [1.82, 2.24) is 9.62 Å². The number of nitrogens with zero attached hydrogens (tertiary/aromatic N) is 1. The van der Waals surface area contributed by atoms with E-state index in [0.29, 0.717) is 6.54 Å². The lowest BCUT2D eigenvalue weighted by atomic mass is 9.75. The van der Waals surface area contributed by atoms with Crippen LogP contribution in [0.2, 0.25) is 0 Å². The van der Waals surface area contributed by atoms with Gasteiger partial charge in [0.1, 0.15) is 0 Å². The number of hydrogen-bond donors (Lipinski definition) is 1. The Hall–Kier alpha value is -0.880. The number of rotatable bonds is 6. The van der Waals surface area contributed by atoms with Crippen molar-refractivity contribution < 1.29 is 13.2 Å². The van der Waals surface area contributed by atoms with E-state index < -0.39 is 10.0 Å². The molecule has 0 aromatic heterocycles. The molecule has 1 atom stereocenters. The molecular weight excluding hydrogens is 276 g/mol. The largest absolute Gasteiger partial charge is 0.338 e. The summed E-state index contributed by atoms with van der Waals surface area (Å²) < 4.78 is 25.2. The topological polar surface area (TPSA) is 66.5 Å². The summed E-state index contributed by atoms with van der Waals surface area (Å²) in [6, 6.07) is 0.0902. The fourth-order valence-corrected chi connectivity index (χ4v) is 3.27.